The number of hydrogen-bond acceptors (Lipinski definition) is 13. The van der Waals surface area contributed by atoms with Crippen LogP contribution in [0.4, 0.5) is 0 Å². The van der Waals surface area contributed by atoms with Crippen LogP contribution in [0.3, 0.4) is 0 Å². The van der Waals surface area contributed by atoms with Crippen LogP contribution in [0.25, 0.3) is 0 Å². The van der Waals surface area contributed by atoms with Gasteiger partial charge in [0.05, 0.1) is 32.0 Å². The summed E-state index contributed by atoms with van der Waals surface area (Å²) in [6.07, 6.45) is 73.0. The van der Waals surface area contributed by atoms with E-state index in [1.165, 1.54) is 347 Å². The van der Waals surface area contributed by atoms with E-state index in [4.69, 9.17) is 18.9 Å². The molecule has 2 fully saturated rings. The van der Waals surface area contributed by atoms with Crippen LogP contribution in [-0.2, 0) is 23.7 Å². The van der Waals surface area contributed by atoms with Crippen LogP contribution < -0.4 is 5.32 Å². The summed E-state index contributed by atoms with van der Waals surface area (Å²) in [4.78, 5) is 13.4. The minimum Gasteiger partial charge on any atom is -0.394 e. The smallest absolute Gasteiger partial charge is 0.220 e. The Hall–Kier alpha value is -1.53. The second kappa shape index (κ2) is 68.6. The molecule has 1 amide bonds. The number of rotatable bonds is 73. The number of carbonyl (C=O) groups excluding carboxylic acids is 1. The van der Waals surface area contributed by atoms with Crippen molar-refractivity contribution in [3.05, 3.63) is 24.3 Å². The van der Waals surface area contributed by atoms with Gasteiger partial charge in [-0.1, -0.05) is 398 Å². The van der Waals surface area contributed by atoms with E-state index >= 15 is 0 Å². The van der Waals surface area contributed by atoms with Crippen molar-refractivity contribution in [2.45, 2.75) is 485 Å². The molecule has 0 saturated carbocycles. The maximum Gasteiger partial charge on any atom is 0.220 e. The molecule has 14 nitrogen and oxygen atoms in total. The Morgan fingerprint density at radius 3 is 1.00 bits per heavy atom. The fourth-order valence-electron chi connectivity index (χ4n) is 14.4. The van der Waals surface area contributed by atoms with Crippen molar-refractivity contribution in [3.8, 4) is 0 Å². The van der Waals surface area contributed by atoms with E-state index in [-0.39, 0.29) is 18.9 Å². The third kappa shape index (κ3) is 50.8. The molecule has 0 bridgehead atoms. The molecule has 0 aliphatic carbocycles. The highest BCUT2D eigenvalue weighted by atomic mass is 16.7. The summed E-state index contributed by atoms with van der Waals surface area (Å²) in [7, 11) is 0. The highest BCUT2D eigenvalue weighted by Gasteiger charge is 2.51. The largest absolute Gasteiger partial charge is 0.394 e. The van der Waals surface area contributed by atoms with Gasteiger partial charge in [0.1, 0.15) is 48.8 Å². The summed E-state index contributed by atoms with van der Waals surface area (Å²) in [5.41, 5.74) is 0. The standard InChI is InChI=1S/C84H161NO13/c1-3-5-7-9-11-13-15-17-19-21-23-25-27-29-30-31-32-33-34-35-36-37-38-39-40-41-42-44-46-48-50-52-54-56-58-60-62-64-66-68-76(89)85-72(71-95-83-81(94)79(92)82(75(70-87)97-83)98-84-80(93)78(91)77(90)74(69-86)96-84)73(88)67-65-63-61-59-57-55-53-51-49-47-45-43-28-26-24-22-20-18-16-14-12-10-8-6-4-2/h57,59,65,67,72-75,77-84,86-88,90-94H,3-56,58,60-64,66,68-71H2,1-2H3,(H,85,89)/b59-57+,67-65+. The first-order chi connectivity index (χ1) is 48.1. The molecule has 0 aromatic carbocycles. The zero-order chi connectivity index (χ0) is 70.8. The molecule has 0 aromatic rings. The highest BCUT2D eigenvalue weighted by molar-refractivity contribution is 5.76. The molecule has 12 unspecified atom stereocenters. The van der Waals surface area contributed by atoms with Crippen molar-refractivity contribution in [1.82, 2.24) is 5.32 Å². The van der Waals surface area contributed by atoms with Gasteiger partial charge < -0.3 is 65.1 Å². The molecule has 2 rings (SSSR count). The van der Waals surface area contributed by atoms with Gasteiger partial charge in [-0.3, -0.25) is 4.79 Å². The summed E-state index contributed by atoms with van der Waals surface area (Å²) in [5.74, 6) is -0.239. The van der Waals surface area contributed by atoms with E-state index in [1.807, 2.05) is 6.08 Å². The van der Waals surface area contributed by atoms with E-state index in [1.54, 1.807) is 6.08 Å². The van der Waals surface area contributed by atoms with E-state index in [9.17, 15) is 45.6 Å². The Kier molecular flexibility index (Phi) is 64.8. The monoisotopic (exact) mass is 1390 g/mol. The lowest BCUT2D eigenvalue weighted by Gasteiger charge is -2.46. The summed E-state index contributed by atoms with van der Waals surface area (Å²) in [6.45, 7) is 2.86. The number of allylic oxidation sites excluding steroid dienone is 3. The molecule has 0 spiro atoms. The van der Waals surface area contributed by atoms with Crippen LogP contribution >= 0.6 is 0 Å². The lowest BCUT2D eigenvalue weighted by molar-refractivity contribution is -0.359. The predicted octanol–water partition coefficient (Wildman–Crippen LogP) is 19.8. The molecule has 2 saturated heterocycles. The van der Waals surface area contributed by atoms with Crippen LogP contribution in [0.1, 0.15) is 412 Å². The van der Waals surface area contributed by atoms with Crippen LogP contribution in [0.2, 0.25) is 0 Å². The van der Waals surface area contributed by atoms with Gasteiger partial charge in [-0.15, -0.1) is 0 Å². The highest BCUT2D eigenvalue weighted by Crippen LogP contribution is 2.31. The van der Waals surface area contributed by atoms with Gasteiger partial charge in [0.2, 0.25) is 5.91 Å². The van der Waals surface area contributed by atoms with Crippen molar-refractivity contribution in [3.63, 3.8) is 0 Å². The summed E-state index contributed by atoms with van der Waals surface area (Å²) >= 11 is 0. The van der Waals surface area contributed by atoms with Crippen molar-refractivity contribution in [2.24, 2.45) is 0 Å². The quantitative estimate of drug-likeness (QED) is 0.0204. The van der Waals surface area contributed by atoms with E-state index < -0.39 is 86.8 Å². The number of unbranched alkanes of at least 4 members (excludes halogenated alkanes) is 58. The SMILES string of the molecule is CCCCCCCCCCCCCCCCCCCCC/C=C/CC/C=C/C(O)C(COC1OC(CO)C(OC2OC(CO)C(O)C(O)C2O)C(O)C1O)NC(=O)CCCCCCCCCCCCCCCCCCCCCCCCCCCCCCCCCCCCCCCCC. The first-order valence-corrected chi connectivity index (χ1v) is 42.6. The molecule has 0 radical (unpaired) electrons. The van der Waals surface area contributed by atoms with Crippen LogP contribution in [-0.4, -0.2) is 140 Å². The van der Waals surface area contributed by atoms with Crippen LogP contribution in [0.5, 0.6) is 0 Å². The number of carbonyl (C=O) groups is 1. The molecule has 9 N–H and O–H groups in total. The zero-order valence-electron chi connectivity index (χ0n) is 63.8. The van der Waals surface area contributed by atoms with Gasteiger partial charge in [0.15, 0.2) is 12.6 Å². The summed E-state index contributed by atoms with van der Waals surface area (Å²) < 4.78 is 22.9. The molecular weight excluding hydrogens is 1230 g/mol. The van der Waals surface area contributed by atoms with Crippen molar-refractivity contribution in [2.75, 3.05) is 19.8 Å². The van der Waals surface area contributed by atoms with Crippen molar-refractivity contribution < 1.29 is 64.6 Å². The maximum absolute atomic E-state index is 13.4. The third-order valence-corrected chi connectivity index (χ3v) is 21.1. The van der Waals surface area contributed by atoms with Gasteiger partial charge in [-0.05, 0) is 32.1 Å². The molecule has 98 heavy (non-hydrogen) atoms. The van der Waals surface area contributed by atoms with E-state index in [0.29, 0.717) is 12.8 Å². The van der Waals surface area contributed by atoms with Crippen LogP contribution in [0.15, 0.2) is 24.3 Å². The van der Waals surface area contributed by atoms with E-state index in [2.05, 4.69) is 31.3 Å². The maximum atomic E-state index is 13.4. The lowest BCUT2D eigenvalue weighted by atomic mass is 9.97. The first-order valence-electron chi connectivity index (χ1n) is 42.6. The predicted molar refractivity (Wildman–Crippen MR) is 406 cm³/mol. The second-order valence-corrected chi connectivity index (χ2v) is 30.3. The molecule has 12 atom stereocenters. The Bertz CT molecular complexity index is 1740. The van der Waals surface area contributed by atoms with Crippen molar-refractivity contribution >= 4 is 5.91 Å². The third-order valence-electron chi connectivity index (χ3n) is 21.1. The Labute approximate surface area is 602 Å². The number of aliphatic hydroxyl groups excluding tert-OH is 8. The van der Waals surface area contributed by atoms with Crippen LogP contribution in [0, 0.1) is 0 Å². The molecule has 0 aromatic heterocycles. The normalized spacial score (nSPS) is 22.1. The summed E-state index contributed by atoms with van der Waals surface area (Å²) in [5, 5.41) is 87.7. The molecular formula is C84H161NO13. The van der Waals surface area contributed by atoms with Gasteiger partial charge in [0, 0.05) is 6.42 Å². The Balaban J connectivity index is 1.57. The topological polar surface area (TPSA) is 228 Å². The fraction of sp³-hybridized carbons (Fsp3) is 0.940. The zero-order valence-corrected chi connectivity index (χ0v) is 63.8. The summed E-state index contributed by atoms with van der Waals surface area (Å²) in [6, 6.07) is -0.931. The minimum absolute atomic E-state index is 0.239. The van der Waals surface area contributed by atoms with Gasteiger partial charge in [-0.25, -0.2) is 0 Å². The Morgan fingerprint density at radius 1 is 0.357 bits per heavy atom. The number of hydrogen-bond donors (Lipinski definition) is 9. The number of ether oxygens (including phenoxy) is 4. The van der Waals surface area contributed by atoms with Gasteiger partial charge in [0.25, 0.3) is 0 Å². The molecule has 580 valence electrons. The average molecular weight is 1390 g/mol. The first kappa shape index (κ1) is 92.6. The lowest BCUT2D eigenvalue weighted by Crippen LogP contribution is -2.65. The van der Waals surface area contributed by atoms with Gasteiger partial charge >= 0.3 is 0 Å². The minimum atomic E-state index is -1.79. The fourth-order valence-corrected chi connectivity index (χ4v) is 14.4. The van der Waals surface area contributed by atoms with Crippen molar-refractivity contribution in [1.29, 1.82) is 0 Å². The Morgan fingerprint density at radius 2 is 0.653 bits per heavy atom. The molecule has 2 aliphatic heterocycles. The number of amides is 1. The average Bonchev–Trinajstić information content (AvgIpc) is 0.793. The van der Waals surface area contributed by atoms with Gasteiger partial charge in [-0.2, -0.15) is 0 Å². The number of nitrogens with one attached hydrogen (secondary N) is 1. The molecule has 14 heteroatoms. The van der Waals surface area contributed by atoms with E-state index in [0.717, 1.165) is 32.1 Å². The second-order valence-electron chi connectivity index (χ2n) is 30.3. The molecule has 2 heterocycles. The molecule has 2 aliphatic rings. The number of aliphatic hydroxyl groups is 8.